The molecular weight excluding hydrogens is 428 g/mol. The number of carbonyl (C=O) groups excluding carboxylic acids is 4. The van der Waals surface area contributed by atoms with Crippen molar-refractivity contribution in [1.82, 2.24) is 21.3 Å². The average molecular weight is 461 g/mol. The molecule has 0 aromatic heterocycles. The Morgan fingerprint density at radius 3 is 2.09 bits per heavy atom. The van der Waals surface area contributed by atoms with E-state index < -0.39 is 48.2 Å². The molecule has 0 saturated carbocycles. The molecule has 10 heteroatoms. The van der Waals surface area contributed by atoms with Crippen molar-refractivity contribution in [3.05, 3.63) is 48.0 Å². The van der Waals surface area contributed by atoms with Crippen LogP contribution in [0.25, 0.3) is 0 Å². The Bertz CT molecular complexity index is 869. The van der Waals surface area contributed by atoms with Crippen molar-refractivity contribution in [2.45, 2.75) is 45.7 Å². The van der Waals surface area contributed by atoms with E-state index in [9.17, 15) is 24.0 Å². The molecule has 0 aliphatic rings. The fourth-order valence-corrected chi connectivity index (χ4v) is 2.88. The number of carboxylic acids is 1. The van der Waals surface area contributed by atoms with Crippen molar-refractivity contribution in [2.24, 2.45) is 5.92 Å². The summed E-state index contributed by atoms with van der Waals surface area (Å²) in [5, 5.41) is 18.7. The summed E-state index contributed by atoms with van der Waals surface area (Å²) in [6.07, 6.45) is 0.426. The SMILES string of the molecule is C=C(C)C(=O)NCC(=O)NC(Cc1ccccc1)C(=O)NC(CC(C)C)C(=O)NCC(=O)O. The van der Waals surface area contributed by atoms with Gasteiger partial charge in [0.2, 0.25) is 23.6 Å². The minimum Gasteiger partial charge on any atom is -0.480 e. The van der Waals surface area contributed by atoms with Crippen LogP contribution in [0.3, 0.4) is 0 Å². The normalized spacial score (nSPS) is 12.2. The van der Waals surface area contributed by atoms with Crippen LogP contribution >= 0.6 is 0 Å². The quantitative estimate of drug-likeness (QED) is 0.264. The van der Waals surface area contributed by atoms with E-state index in [4.69, 9.17) is 5.11 Å². The molecule has 4 amide bonds. The second-order valence-electron chi connectivity index (χ2n) is 8.08. The highest BCUT2D eigenvalue weighted by molar-refractivity contribution is 5.96. The number of nitrogens with one attached hydrogen (secondary N) is 4. The molecule has 5 N–H and O–H groups in total. The monoisotopic (exact) mass is 460 g/mol. The van der Waals surface area contributed by atoms with Gasteiger partial charge in [0.15, 0.2) is 0 Å². The number of rotatable bonds is 13. The van der Waals surface area contributed by atoms with E-state index in [1.54, 1.807) is 24.3 Å². The van der Waals surface area contributed by atoms with Crippen molar-refractivity contribution < 1.29 is 29.1 Å². The van der Waals surface area contributed by atoms with Crippen LogP contribution in [0.15, 0.2) is 42.5 Å². The van der Waals surface area contributed by atoms with E-state index in [0.29, 0.717) is 0 Å². The van der Waals surface area contributed by atoms with Gasteiger partial charge < -0.3 is 26.4 Å². The summed E-state index contributed by atoms with van der Waals surface area (Å²) >= 11 is 0. The maximum atomic E-state index is 13.0. The fraction of sp³-hybridized carbons (Fsp3) is 0.435. The highest BCUT2D eigenvalue weighted by Crippen LogP contribution is 2.08. The summed E-state index contributed by atoms with van der Waals surface area (Å²) < 4.78 is 0. The fourth-order valence-electron chi connectivity index (χ4n) is 2.88. The highest BCUT2D eigenvalue weighted by Gasteiger charge is 2.28. The first-order valence-electron chi connectivity index (χ1n) is 10.6. The lowest BCUT2D eigenvalue weighted by molar-refractivity contribution is -0.138. The molecule has 2 unspecified atom stereocenters. The molecule has 1 aromatic carbocycles. The zero-order valence-electron chi connectivity index (χ0n) is 19.1. The second-order valence-corrected chi connectivity index (χ2v) is 8.08. The summed E-state index contributed by atoms with van der Waals surface area (Å²) in [6, 6.07) is 6.98. The predicted molar refractivity (Wildman–Crippen MR) is 122 cm³/mol. The first kappa shape index (κ1) is 27.3. The van der Waals surface area contributed by atoms with Crippen molar-refractivity contribution in [2.75, 3.05) is 13.1 Å². The van der Waals surface area contributed by atoms with Gasteiger partial charge in [0.25, 0.3) is 0 Å². The zero-order chi connectivity index (χ0) is 25.0. The van der Waals surface area contributed by atoms with Crippen LogP contribution in [0.5, 0.6) is 0 Å². The minimum atomic E-state index is -1.20. The van der Waals surface area contributed by atoms with Crippen LogP contribution in [-0.4, -0.2) is 59.9 Å². The summed E-state index contributed by atoms with van der Waals surface area (Å²) in [6.45, 7) is 7.79. The number of hydrogen-bond acceptors (Lipinski definition) is 5. The van der Waals surface area contributed by atoms with Gasteiger partial charge in [-0.05, 0) is 24.8 Å². The third kappa shape index (κ3) is 10.9. The van der Waals surface area contributed by atoms with E-state index in [1.165, 1.54) is 6.92 Å². The number of benzene rings is 1. The van der Waals surface area contributed by atoms with Gasteiger partial charge in [0.05, 0.1) is 6.54 Å². The molecule has 0 fully saturated rings. The van der Waals surface area contributed by atoms with Gasteiger partial charge in [-0.1, -0.05) is 50.8 Å². The summed E-state index contributed by atoms with van der Waals surface area (Å²) in [4.78, 5) is 60.2. The first-order chi connectivity index (χ1) is 15.5. The molecule has 0 radical (unpaired) electrons. The van der Waals surface area contributed by atoms with E-state index in [2.05, 4.69) is 27.8 Å². The van der Waals surface area contributed by atoms with Gasteiger partial charge in [-0.25, -0.2) is 0 Å². The van der Waals surface area contributed by atoms with Crippen LogP contribution in [0.1, 0.15) is 32.8 Å². The molecule has 33 heavy (non-hydrogen) atoms. The van der Waals surface area contributed by atoms with E-state index in [1.807, 2.05) is 19.9 Å². The van der Waals surface area contributed by atoms with Gasteiger partial charge in [0.1, 0.15) is 18.6 Å². The van der Waals surface area contributed by atoms with Crippen LogP contribution in [0, 0.1) is 5.92 Å². The average Bonchev–Trinajstić information content (AvgIpc) is 2.75. The first-order valence-corrected chi connectivity index (χ1v) is 10.6. The molecule has 0 aliphatic carbocycles. The molecule has 0 spiro atoms. The third-order valence-electron chi connectivity index (χ3n) is 4.49. The third-order valence-corrected chi connectivity index (χ3v) is 4.49. The molecule has 1 aromatic rings. The van der Waals surface area contributed by atoms with Gasteiger partial charge in [0, 0.05) is 12.0 Å². The van der Waals surface area contributed by atoms with Crippen LogP contribution < -0.4 is 21.3 Å². The lowest BCUT2D eigenvalue weighted by atomic mass is 10.0. The zero-order valence-corrected chi connectivity index (χ0v) is 19.1. The predicted octanol–water partition coefficient (Wildman–Crippen LogP) is 0.138. The van der Waals surface area contributed by atoms with Gasteiger partial charge in [-0.3, -0.25) is 24.0 Å². The number of aliphatic carboxylic acids is 1. The Labute approximate surface area is 193 Å². The van der Waals surface area contributed by atoms with Gasteiger partial charge >= 0.3 is 5.97 Å². The van der Waals surface area contributed by atoms with Crippen molar-refractivity contribution >= 4 is 29.6 Å². The van der Waals surface area contributed by atoms with Crippen molar-refractivity contribution in [3.63, 3.8) is 0 Å². The molecule has 180 valence electrons. The topological polar surface area (TPSA) is 154 Å². The lowest BCUT2D eigenvalue weighted by Crippen LogP contribution is -2.56. The second kappa shape index (κ2) is 13.7. The molecule has 2 atom stereocenters. The lowest BCUT2D eigenvalue weighted by Gasteiger charge is -2.24. The Morgan fingerprint density at radius 1 is 0.909 bits per heavy atom. The Kier molecular flexibility index (Phi) is 11.3. The van der Waals surface area contributed by atoms with Crippen molar-refractivity contribution in [3.8, 4) is 0 Å². The van der Waals surface area contributed by atoms with Gasteiger partial charge in [-0.15, -0.1) is 0 Å². The number of amides is 4. The molecule has 10 nitrogen and oxygen atoms in total. The smallest absolute Gasteiger partial charge is 0.322 e. The summed E-state index contributed by atoms with van der Waals surface area (Å²) in [5.41, 5.74) is 1.02. The van der Waals surface area contributed by atoms with E-state index >= 15 is 0 Å². The van der Waals surface area contributed by atoms with Crippen molar-refractivity contribution in [1.29, 1.82) is 0 Å². The summed E-state index contributed by atoms with van der Waals surface area (Å²) in [5.74, 6) is -3.47. The Balaban J connectivity index is 2.96. The largest absolute Gasteiger partial charge is 0.480 e. The maximum absolute atomic E-state index is 13.0. The summed E-state index contributed by atoms with van der Waals surface area (Å²) in [7, 11) is 0. The number of hydrogen-bond donors (Lipinski definition) is 5. The van der Waals surface area contributed by atoms with Gasteiger partial charge in [-0.2, -0.15) is 0 Å². The molecular formula is C23H32N4O6. The van der Waals surface area contributed by atoms with Crippen LogP contribution in [-0.2, 0) is 30.4 Å². The standard InChI is InChI=1S/C23H32N4O6/c1-14(2)10-17(22(32)25-13-20(29)30)27-23(33)18(11-16-8-6-5-7-9-16)26-19(28)12-24-21(31)15(3)4/h5-9,14,17-18H,3,10-13H2,1-2,4H3,(H,24,31)(H,25,32)(H,26,28)(H,27,33)(H,29,30). The molecule has 0 heterocycles. The van der Waals surface area contributed by atoms with Crippen LogP contribution in [0.2, 0.25) is 0 Å². The van der Waals surface area contributed by atoms with E-state index in [0.717, 1.165) is 5.56 Å². The highest BCUT2D eigenvalue weighted by atomic mass is 16.4. The Morgan fingerprint density at radius 2 is 1.55 bits per heavy atom. The molecule has 0 saturated heterocycles. The maximum Gasteiger partial charge on any atom is 0.322 e. The van der Waals surface area contributed by atoms with Crippen LogP contribution in [0.4, 0.5) is 0 Å². The molecule has 1 rings (SSSR count). The van der Waals surface area contributed by atoms with E-state index in [-0.39, 0.29) is 30.9 Å². The number of carboxylic acid groups (broad SMARTS) is 1. The Hall–Kier alpha value is -3.69. The molecule has 0 aliphatic heterocycles. The minimum absolute atomic E-state index is 0.0328. The number of carbonyl (C=O) groups is 5. The molecule has 0 bridgehead atoms.